The Balaban J connectivity index is 2.77. The second kappa shape index (κ2) is 6.74. The van der Waals surface area contributed by atoms with Gasteiger partial charge in [0.1, 0.15) is 11.5 Å². The normalized spacial score (nSPS) is 9.78. The number of nitrogens with one attached hydrogen (secondary N) is 1. The molecule has 5 heteroatoms. The van der Waals surface area contributed by atoms with Gasteiger partial charge in [0.25, 0.3) is 0 Å². The molecule has 1 aromatic carbocycles. The second-order valence-corrected chi connectivity index (χ2v) is 3.73. The van der Waals surface area contributed by atoms with Crippen LogP contribution in [0.15, 0.2) is 12.1 Å². The number of hydrogen-bond donors (Lipinski definition) is 1. The Bertz CT molecular complexity index is 418. The van der Waals surface area contributed by atoms with Gasteiger partial charge in [-0.05, 0) is 19.1 Å². The minimum absolute atomic E-state index is 0.244. The average Bonchev–Trinajstić information content (AvgIpc) is 2.39. The number of carbonyl (C=O) groups excluding carboxylic acids is 1. The van der Waals surface area contributed by atoms with Crippen molar-refractivity contribution in [2.75, 3.05) is 33.2 Å². The zero-order valence-electron chi connectivity index (χ0n) is 11.2. The molecule has 0 heterocycles. The van der Waals surface area contributed by atoms with E-state index >= 15 is 0 Å². The number of hydrogen-bond acceptors (Lipinski definition) is 5. The molecule has 5 nitrogen and oxygen atoms in total. The molecule has 1 N–H and O–H groups in total. The number of anilines is 1. The van der Waals surface area contributed by atoms with Crippen molar-refractivity contribution in [1.29, 1.82) is 0 Å². The summed E-state index contributed by atoms with van der Waals surface area (Å²) >= 11 is 0. The predicted molar refractivity (Wildman–Crippen MR) is 69.4 cm³/mol. The van der Waals surface area contributed by atoms with Crippen molar-refractivity contribution in [2.24, 2.45) is 0 Å². The van der Waals surface area contributed by atoms with Gasteiger partial charge < -0.3 is 19.5 Å². The van der Waals surface area contributed by atoms with Crippen molar-refractivity contribution in [1.82, 2.24) is 0 Å². The Morgan fingerprint density at radius 1 is 1.22 bits per heavy atom. The minimum Gasteiger partial charge on any atom is -0.496 e. The molecule has 0 amide bonds. The van der Waals surface area contributed by atoms with E-state index < -0.39 is 0 Å². The van der Waals surface area contributed by atoms with Crippen LogP contribution in [0.3, 0.4) is 0 Å². The molecule has 0 radical (unpaired) electrons. The number of carbonyl (C=O) groups is 1. The zero-order chi connectivity index (χ0) is 13.5. The first-order valence-electron chi connectivity index (χ1n) is 5.66. The summed E-state index contributed by atoms with van der Waals surface area (Å²) in [7, 11) is 4.60. The lowest BCUT2D eigenvalue weighted by molar-refractivity contribution is -0.140. The third kappa shape index (κ3) is 3.29. The summed E-state index contributed by atoms with van der Waals surface area (Å²) in [6.07, 6.45) is 0.310. The van der Waals surface area contributed by atoms with E-state index in [9.17, 15) is 4.79 Å². The Morgan fingerprint density at radius 3 is 2.50 bits per heavy atom. The molecule has 0 fully saturated rings. The summed E-state index contributed by atoms with van der Waals surface area (Å²) in [4.78, 5) is 11.0. The van der Waals surface area contributed by atoms with Gasteiger partial charge in [-0.25, -0.2) is 0 Å². The molecule has 0 aromatic heterocycles. The van der Waals surface area contributed by atoms with Crippen LogP contribution in [-0.4, -0.2) is 33.8 Å². The van der Waals surface area contributed by atoms with Crippen molar-refractivity contribution < 1.29 is 19.0 Å². The van der Waals surface area contributed by atoms with E-state index in [1.165, 1.54) is 7.11 Å². The van der Waals surface area contributed by atoms with Crippen molar-refractivity contribution in [2.45, 2.75) is 13.3 Å². The second-order valence-electron chi connectivity index (χ2n) is 3.73. The maximum atomic E-state index is 11.0. The Labute approximate surface area is 107 Å². The quantitative estimate of drug-likeness (QED) is 0.786. The maximum Gasteiger partial charge on any atom is 0.307 e. The third-order valence-electron chi connectivity index (χ3n) is 2.65. The summed E-state index contributed by atoms with van der Waals surface area (Å²) in [6.45, 7) is 2.41. The van der Waals surface area contributed by atoms with Gasteiger partial charge in [0, 0.05) is 12.1 Å². The topological polar surface area (TPSA) is 56.8 Å². The summed E-state index contributed by atoms with van der Waals surface area (Å²) in [5.74, 6) is 1.25. The molecule has 0 bridgehead atoms. The van der Waals surface area contributed by atoms with Crippen LogP contribution in [0.25, 0.3) is 0 Å². The molecule has 0 aliphatic heterocycles. The highest BCUT2D eigenvalue weighted by molar-refractivity contribution is 5.70. The van der Waals surface area contributed by atoms with Gasteiger partial charge in [-0.3, -0.25) is 4.79 Å². The van der Waals surface area contributed by atoms with Gasteiger partial charge in [0.05, 0.1) is 33.4 Å². The lowest BCUT2D eigenvalue weighted by atomic mass is 10.1. The zero-order valence-corrected chi connectivity index (χ0v) is 11.2. The van der Waals surface area contributed by atoms with Gasteiger partial charge in [-0.1, -0.05) is 0 Å². The molecule has 0 spiro atoms. The van der Waals surface area contributed by atoms with Gasteiger partial charge in [-0.15, -0.1) is 0 Å². The van der Waals surface area contributed by atoms with Crippen LogP contribution in [0.1, 0.15) is 12.0 Å². The van der Waals surface area contributed by atoms with Gasteiger partial charge in [-0.2, -0.15) is 0 Å². The van der Waals surface area contributed by atoms with Crippen molar-refractivity contribution >= 4 is 11.7 Å². The number of benzene rings is 1. The van der Waals surface area contributed by atoms with E-state index in [0.717, 1.165) is 22.7 Å². The Hall–Kier alpha value is -1.91. The van der Waals surface area contributed by atoms with Crippen LogP contribution >= 0.6 is 0 Å². The Morgan fingerprint density at radius 2 is 1.94 bits per heavy atom. The smallest absolute Gasteiger partial charge is 0.307 e. The number of ether oxygens (including phenoxy) is 3. The molecular formula is C13H19NO4. The fourth-order valence-corrected chi connectivity index (χ4v) is 1.70. The molecule has 18 heavy (non-hydrogen) atoms. The number of esters is 1. The highest BCUT2D eigenvalue weighted by Gasteiger charge is 2.11. The van der Waals surface area contributed by atoms with Crippen molar-refractivity contribution in [3.63, 3.8) is 0 Å². The number of rotatable bonds is 6. The molecule has 1 rings (SSSR count). The molecule has 100 valence electrons. The summed E-state index contributed by atoms with van der Waals surface area (Å²) < 4.78 is 15.1. The fraction of sp³-hybridized carbons (Fsp3) is 0.462. The lowest BCUT2D eigenvalue weighted by Gasteiger charge is -2.15. The van der Waals surface area contributed by atoms with Crippen LogP contribution in [0, 0.1) is 6.92 Å². The average molecular weight is 253 g/mol. The van der Waals surface area contributed by atoms with Crippen LogP contribution < -0.4 is 14.8 Å². The van der Waals surface area contributed by atoms with Crippen molar-refractivity contribution in [3.8, 4) is 11.5 Å². The molecule has 0 saturated heterocycles. The molecular weight excluding hydrogens is 234 g/mol. The van der Waals surface area contributed by atoms with E-state index in [4.69, 9.17) is 9.47 Å². The van der Waals surface area contributed by atoms with Gasteiger partial charge in [0.15, 0.2) is 0 Å². The SMILES string of the molecule is COC(=O)CCNc1ccc(OC)c(C)c1OC. The molecule has 1 aromatic rings. The molecule has 0 aliphatic rings. The predicted octanol–water partition coefficient (Wildman–Crippen LogP) is 1.99. The largest absolute Gasteiger partial charge is 0.496 e. The van der Waals surface area contributed by atoms with E-state index in [0.29, 0.717) is 13.0 Å². The van der Waals surface area contributed by atoms with E-state index in [1.54, 1.807) is 14.2 Å². The summed E-state index contributed by atoms with van der Waals surface area (Å²) in [5.41, 5.74) is 1.75. The molecule has 0 atom stereocenters. The van der Waals surface area contributed by atoms with E-state index in [-0.39, 0.29) is 5.97 Å². The highest BCUT2D eigenvalue weighted by Crippen LogP contribution is 2.34. The van der Waals surface area contributed by atoms with Crippen LogP contribution in [0.5, 0.6) is 11.5 Å². The van der Waals surface area contributed by atoms with E-state index in [1.807, 2.05) is 19.1 Å². The van der Waals surface area contributed by atoms with Crippen molar-refractivity contribution in [3.05, 3.63) is 17.7 Å². The highest BCUT2D eigenvalue weighted by atomic mass is 16.5. The standard InChI is InChI=1S/C13H19NO4/c1-9-11(16-2)6-5-10(13(9)18-4)14-8-7-12(15)17-3/h5-6,14H,7-8H2,1-4H3. The first-order chi connectivity index (χ1) is 8.63. The summed E-state index contributed by atoms with van der Waals surface area (Å²) in [6, 6.07) is 3.72. The van der Waals surface area contributed by atoms with Gasteiger partial charge in [0.2, 0.25) is 0 Å². The Kier molecular flexibility index (Phi) is 5.30. The maximum absolute atomic E-state index is 11.0. The van der Waals surface area contributed by atoms with E-state index in [2.05, 4.69) is 10.1 Å². The summed E-state index contributed by atoms with van der Waals surface area (Å²) in [5, 5.41) is 3.14. The molecule has 0 unspecified atom stereocenters. The first-order valence-corrected chi connectivity index (χ1v) is 5.66. The molecule has 0 saturated carbocycles. The van der Waals surface area contributed by atoms with Crippen LogP contribution in [0.4, 0.5) is 5.69 Å². The van der Waals surface area contributed by atoms with Gasteiger partial charge >= 0.3 is 5.97 Å². The monoisotopic (exact) mass is 253 g/mol. The minimum atomic E-state index is -0.244. The molecule has 0 aliphatic carbocycles. The first kappa shape index (κ1) is 14.2. The van der Waals surface area contributed by atoms with Crippen LogP contribution in [-0.2, 0) is 9.53 Å². The lowest BCUT2D eigenvalue weighted by Crippen LogP contribution is -2.10. The number of methoxy groups -OCH3 is 3. The fourth-order valence-electron chi connectivity index (χ4n) is 1.70. The van der Waals surface area contributed by atoms with Crippen LogP contribution in [0.2, 0.25) is 0 Å². The third-order valence-corrected chi connectivity index (χ3v) is 2.65.